The van der Waals surface area contributed by atoms with E-state index in [-0.39, 0.29) is 0 Å². The lowest BCUT2D eigenvalue weighted by molar-refractivity contribution is 0.147. The van der Waals surface area contributed by atoms with Gasteiger partial charge >= 0.3 is 0 Å². The maximum absolute atomic E-state index is 5.39. The molecule has 7 heteroatoms. The highest BCUT2D eigenvalue weighted by Crippen LogP contribution is 2.29. The Bertz CT molecular complexity index is 542. The first-order valence-electron chi connectivity index (χ1n) is 6.31. The maximum Gasteiger partial charge on any atom is 0.240 e. The molecule has 19 heavy (non-hydrogen) atoms. The van der Waals surface area contributed by atoms with Crippen LogP contribution < -0.4 is 16.6 Å². The Morgan fingerprint density at radius 2 is 2.26 bits per heavy atom. The van der Waals surface area contributed by atoms with Crippen molar-refractivity contribution in [3.8, 4) is 0 Å². The Morgan fingerprint density at radius 1 is 1.42 bits per heavy atom. The molecule has 0 aromatic carbocycles. The molecule has 2 aromatic heterocycles. The van der Waals surface area contributed by atoms with Crippen LogP contribution in [0.25, 0.3) is 10.2 Å². The number of nitrogens with zero attached hydrogens (tertiary/aromatic N) is 2. The standard InChI is InChI=1S/C12H19N5OS/c1-3-18-6-4-5-14-10-9-7-8(2)19-11(9)16-12(15-10)17-13/h7H,3-6,13H2,1-2H3,(H2,14,15,16,17). The van der Waals surface area contributed by atoms with Gasteiger partial charge < -0.3 is 10.1 Å². The van der Waals surface area contributed by atoms with Gasteiger partial charge in [0.1, 0.15) is 10.6 Å². The number of hydrazine groups is 1. The predicted molar refractivity (Wildman–Crippen MR) is 79.6 cm³/mol. The first-order valence-corrected chi connectivity index (χ1v) is 7.12. The first kappa shape index (κ1) is 14.0. The number of thiophene rings is 1. The van der Waals surface area contributed by atoms with E-state index in [2.05, 4.69) is 33.7 Å². The van der Waals surface area contributed by atoms with E-state index >= 15 is 0 Å². The highest BCUT2D eigenvalue weighted by Gasteiger charge is 2.09. The molecule has 0 aliphatic rings. The summed E-state index contributed by atoms with van der Waals surface area (Å²) < 4.78 is 5.30. The van der Waals surface area contributed by atoms with E-state index in [4.69, 9.17) is 10.6 Å². The second-order valence-corrected chi connectivity index (χ2v) is 5.33. The summed E-state index contributed by atoms with van der Waals surface area (Å²) in [4.78, 5) is 10.8. The average Bonchev–Trinajstić information content (AvgIpc) is 2.78. The van der Waals surface area contributed by atoms with Crippen molar-refractivity contribution in [1.29, 1.82) is 0 Å². The minimum atomic E-state index is 0.432. The van der Waals surface area contributed by atoms with Gasteiger partial charge in [-0.05, 0) is 26.3 Å². The molecule has 6 nitrogen and oxygen atoms in total. The number of aryl methyl sites for hydroxylation is 1. The normalized spacial score (nSPS) is 10.9. The molecule has 0 spiro atoms. The van der Waals surface area contributed by atoms with Crippen molar-refractivity contribution < 1.29 is 4.74 Å². The molecule has 0 aliphatic carbocycles. The van der Waals surface area contributed by atoms with Gasteiger partial charge in [0, 0.05) is 24.6 Å². The lowest BCUT2D eigenvalue weighted by Gasteiger charge is -2.08. The topological polar surface area (TPSA) is 85.1 Å². The molecule has 0 radical (unpaired) electrons. The fourth-order valence-electron chi connectivity index (χ4n) is 1.77. The van der Waals surface area contributed by atoms with Crippen LogP contribution in [-0.2, 0) is 4.74 Å². The van der Waals surface area contributed by atoms with E-state index < -0.39 is 0 Å². The Hall–Kier alpha value is -1.44. The van der Waals surface area contributed by atoms with Gasteiger partial charge in [-0.2, -0.15) is 4.98 Å². The van der Waals surface area contributed by atoms with E-state index in [1.165, 1.54) is 4.88 Å². The van der Waals surface area contributed by atoms with Crippen LogP contribution in [0.1, 0.15) is 18.2 Å². The van der Waals surface area contributed by atoms with Gasteiger partial charge in [0.15, 0.2) is 0 Å². The van der Waals surface area contributed by atoms with Gasteiger partial charge in [-0.15, -0.1) is 11.3 Å². The molecule has 104 valence electrons. The van der Waals surface area contributed by atoms with Gasteiger partial charge in [0.25, 0.3) is 0 Å². The fourth-order valence-corrected chi connectivity index (χ4v) is 2.65. The van der Waals surface area contributed by atoms with Crippen molar-refractivity contribution in [3.63, 3.8) is 0 Å². The van der Waals surface area contributed by atoms with Crippen LogP contribution in [0.2, 0.25) is 0 Å². The Balaban J connectivity index is 2.11. The van der Waals surface area contributed by atoms with Crippen LogP contribution >= 0.6 is 11.3 Å². The molecule has 0 amide bonds. The van der Waals surface area contributed by atoms with Crippen molar-refractivity contribution in [3.05, 3.63) is 10.9 Å². The average molecular weight is 281 g/mol. The maximum atomic E-state index is 5.39. The Labute approximate surface area is 116 Å². The second-order valence-electron chi connectivity index (χ2n) is 4.09. The molecule has 4 N–H and O–H groups in total. The predicted octanol–water partition coefficient (Wildman–Crippen LogP) is 2.12. The third-order valence-corrected chi connectivity index (χ3v) is 3.55. The van der Waals surface area contributed by atoms with Crippen molar-refractivity contribution in [1.82, 2.24) is 9.97 Å². The summed E-state index contributed by atoms with van der Waals surface area (Å²) >= 11 is 1.63. The van der Waals surface area contributed by atoms with E-state index in [1.807, 2.05) is 6.92 Å². The number of anilines is 2. The molecule has 0 aliphatic heterocycles. The summed E-state index contributed by atoms with van der Waals surface area (Å²) in [5.41, 5.74) is 2.50. The highest BCUT2D eigenvalue weighted by molar-refractivity contribution is 7.18. The molecule has 0 saturated carbocycles. The van der Waals surface area contributed by atoms with Crippen LogP contribution in [0, 0.1) is 6.92 Å². The number of fused-ring (bicyclic) bond motifs is 1. The molecule has 0 bridgehead atoms. The summed E-state index contributed by atoms with van der Waals surface area (Å²) in [5, 5.41) is 4.35. The summed E-state index contributed by atoms with van der Waals surface area (Å²) in [6, 6.07) is 2.09. The molecule has 0 atom stereocenters. The van der Waals surface area contributed by atoms with Gasteiger partial charge in [-0.1, -0.05) is 0 Å². The molecule has 0 saturated heterocycles. The quantitative estimate of drug-likeness (QED) is 0.409. The molecular formula is C12H19N5OS. The molecule has 0 fully saturated rings. The number of aromatic nitrogens is 2. The van der Waals surface area contributed by atoms with Gasteiger partial charge in [-0.25, -0.2) is 10.8 Å². The zero-order valence-electron chi connectivity index (χ0n) is 11.2. The number of nitrogens with two attached hydrogens (primary N) is 1. The van der Waals surface area contributed by atoms with Crippen LogP contribution in [-0.4, -0.2) is 29.7 Å². The molecule has 2 rings (SSSR count). The van der Waals surface area contributed by atoms with E-state index in [0.717, 1.165) is 42.2 Å². The van der Waals surface area contributed by atoms with E-state index in [0.29, 0.717) is 5.95 Å². The minimum Gasteiger partial charge on any atom is -0.382 e. The zero-order valence-corrected chi connectivity index (χ0v) is 12.0. The molecule has 0 unspecified atom stereocenters. The lowest BCUT2D eigenvalue weighted by atomic mass is 10.3. The van der Waals surface area contributed by atoms with Crippen molar-refractivity contribution in [2.75, 3.05) is 30.5 Å². The number of ether oxygens (including phenoxy) is 1. The van der Waals surface area contributed by atoms with Crippen LogP contribution in [0.5, 0.6) is 0 Å². The van der Waals surface area contributed by atoms with Crippen molar-refractivity contribution in [2.24, 2.45) is 5.84 Å². The monoisotopic (exact) mass is 281 g/mol. The number of nitrogens with one attached hydrogen (secondary N) is 2. The van der Waals surface area contributed by atoms with Crippen LogP contribution in [0.4, 0.5) is 11.8 Å². The molecule has 2 aromatic rings. The molecular weight excluding hydrogens is 262 g/mol. The van der Waals surface area contributed by atoms with Gasteiger partial charge in [-0.3, -0.25) is 5.43 Å². The first-order chi connectivity index (χ1) is 9.24. The molecule has 2 heterocycles. The Kier molecular flexibility index (Phi) is 4.89. The third-order valence-electron chi connectivity index (χ3n) is 2.61. The van der Waals surface area contributed by atoms with E-state index in [9.17, 15) is 0 Å². The highest BCUT2D eigenvalue weighted by atomic mass is 32.1. The van der Waals surface area contributed by atoms with Crippen molar-refractivity contribution >= 4 is 33.3 Å². The van der Waals surface area contributed by atoms with Gasteiger partial charge in [0.05, 0.1) is 5.39 Å². The second kappa shape index (κ2) is 6.65. The fraction of sp³-hybridized carbons (Fsp3) is 0.500. The summed E-state index contributed by atoms with van der Waals surface area (Å²) in [7, 11) is 0. The largest absolute Gasteiger partial charge is 0.382 e. The SMILES string of the molecule is CCOCCCNc1nc(NN)nc2sc(C)cc12. The van der Waals surface area contributed by atoms with Gasteiger partial charge in [0.2, 0.25) is 5.95 Å². The van der Waals surface area contributed by atoms with Crippen molar-refractivity contribution in [2.45, 2.75) is 20.3 Å². The summed E-state index contributed by atoms with van der Waals surface area (Å²) in [5.74, 6) is 6.64. The number of hydrogen-bond donors (Lipinski definition) is 3. The Morgan fingerprint density at radius 3 is 3.00 bits per heavy atom. The third kappa shape index (κ3) is 3.52. The number of nitrogen functional groups attached to an aromatic ring is 1. The smallest absolute Gasteiger partial charge is 0.240 e. The number of rotatable bonds is 7. The van der Waals surface area contributed by atoms with E-state index in [1.54, 1.807) is 11.3 Å². The zero-order chi connectivity index (χ0) is 13.7. The minimum absolute atomic E-state index is 0.432. The summed E-state index contributed by atoms with van der Waals surface area (Å²) in [6.45, 7) is 6.37. The van der Waals surface area contributed by atoms with Crippen LogP contribution in [0.15, 0.2) is 6.07 Å². The summed E-state index contributed by atoms with van der Waals surface area (Å²) in [6.07, 6.45) is 0.938. The number of hydrogen-bond acceptors (Lipinski definition) is 7. The lowest BCUT2D eigenvalue weighted by Crippen LogP contribution is -2.13. The van der Waals surface area contributed by atoms with Crippen LogP contribution in [0.3, 0.4) is 0 Å².